The Hall–Kier alpha value is -2.03. The fourth-order valence-electron chi connectivity index (χ4n) is 3.08. The third kappa shape index (κ3) is 2.90. The number of pyridine rings is 1. The first-order valence-corrected chi connectivity index (χ1v) is 10.1. The van der Waals surface area contributed by atoms with Crippen molar-refractivity contribution in [3.8, 4) is 0 Å². The van der Waals surface area contributed by atoms with Crippen molar-refractivity contribution in [3.05, 3.63) is 54.1 Å². The molecule has 5 nitrogen and oxygen atoms in total. The van der Waals surface area contributed by atoms with E-state index in [1.165, 1.54) is 6.07 Å². The van der Waals surface area contributed by atoms with E-state index in [1.807, 2.05) is 12.1 Å². The molecule has 3 heterocycles. The van der Waals surface area contributed by atoms with E-state index in [0.29, 0.717) is 28.7 Å². The van der Waals surface area contributed by atoms with Crippen molar-refractivity contribution in [3.63, 3.8) is 0 Å². The quantitative estimate of drug-likeness (QED) is 0.759. The first kappa shape index (κ1) is 16.4. The SMILES string of the molecule is Cc1c(S(=O)(=O)NC2CN(c3ccncc3)C2)sc2cccc(F)c12. The zero-order valence-corrected chi connectivity index (χ0v) is 15.1. The highest BCUT2D eigenvalue weighted by Gasteiger charge is 2.33. The lowest BCUT2D eigenvalue weighted by molar-refractivity contribution is 0.470. The molecule has 4 rings (SSSR count). The monoisotopic (exact) mass is 377 g/mol. The standard InChI is InChI=1S/C17H16FN3O2S2/c1-11-16-14(18)3-2-4-15(16)24-17(11)25(22,23)20-12-9-21(10-12)13-5-7-19-8-6-13/h2-8,12,20H,9-10H2,1H3. The van der Waals surface area contributed by atoms with E-state index in [0.717, 1.165) is 17.0 Å². The number of anilines is 1. The number of sulfonamides is 1. The second-order valence-electron chi connectivity index (χ2n) is 6.06. The Balaban J connectivity index is 1.54. The Morgan fingerprint density at radius 1 is 1.24 bits per heavy atom. The number of nitrogens with zero attached hydrogens (tertiary/aromatic N) is 2. The van der Waals surface area contributed by atoms with E-state index < -0.39 is 10.0 Å². The Labute approximate surface area is 149 Å². The summed E-state index contributed by atoms with van der Waals surface area (Å²) < 4.78 is 43.0. The molecule has 1 aliphatic heterocycles. The summed E-state index contributed by atoms with van der Waals surface area (Å²) in [5, 5.41) is 0.389. The van der Waals surface area contributed by atoms with Gasteiger partial charge in [0, 0.05) is 41.3 Å². The third-order valence-corrected chi connectivity index (χ3v) is 7.73. The van der Waals surface area contributed by atoms with Crippen LogP contribution in [0.5, 0.6) is 0 Å². The Morgan fingerprint density at radius 2 is 1.96 bits per heavy atom. The minimum Gasteiger partial charge on any atom is -0.368 e. The van der Waals surface area contributed by atoms with E-state index in [-0.39, 0.29) is 16.1 Å². The minimum atomic E-state index is -3.67. The van der Waals surface area contributed by atoms with Crippen LogP contribution in [0.1, 0.15) is 5.56 Å². The summed E-state index contributed by atoms with van der Waals surface area (Å²) in [6.45, 7) is 2.85. The molecule has 0 amide bonds. The van der Waals surface area contributed by atoms with Gasteiger partial charge in [0.25, 0.3) is 10.0 Å². The number of thiophene rings is 1. The Bertz CT molecular complexity index is 1030. The van der Waals surface area contributed by atoms with Crippen LogP contribution in [0.25, 0.3) is 10.1 Å². The first-order valence-electron chi connectivity index (χ1n) is 7.80. The highest BCUT2D eigenvalue weighted by Crippen LogP contribution is 2.35. The molecule has 1 saturated heterocycles. The molecular formula is C17H16FN3O2S2. The number of rotatable bonds is 4. The van der Waals surface area contributed by atoms with Gasteiger partial charge in [0.2, 0.25) is 0 Å². The van der Waals surface area contributed by atoms with E-state index >= 15 is 0 Å². The lowest BCUT2D eigenvalue weighted by Gasteiger charge is -2.40. The van der Waals surface area contributed by atoms with Crippen LogP contribution in [0.2, 0.25) is 0 Å². The van der Waals surface area contributed by atoms with Crippen molar-refractivity contribution in [1.29, 1.82) is 0 Å². The largest absolute Gasteiger partial charge is 0.368 e. The van der Waals surface area contributed by atoms with Gasteiger partial charge in [-0.2, -0.15) is 0 Å². The maximum Gasteiger partial charge on any atom is 0.250 e. The third-order valence-electron chi connectivity index (χ3n) is 4.33. The van der Waals surface area contributed by atoms with Gasteiger partial charge in [-0.05, 0) is 36.8 Å². The van der Waals surface area contributed by atoms with Crippen molar-refractivity contribution in [1.82, 2.24) is 9.71 Å². The van der Waals surface area contributed by atoms with Crippen LogP contribution in [0.3, 0.4) is 0 Å². The van der Waals surface area contributed by atoms with Gasteiger partial charge in [0.05, 0.1) is 6.04 Å². The molecule has 25 heavy (non-hydrogen) atoms. The average Bonchev–Trinajstić information content (AvgIpc) is 2.90. The fourth-order valence-corrected chi connectivity index (χ4v) is 6.09. The molecule has 1 aromatic carbocycles. The summed E-state index contributed by atoms with van der Waals surface area (Å²) in [7, 11) is -3.67. The van der Waals surface area contributed by atoms with E-state index in [2.05, 4.69) is 14.6 Å². The van der Waals surface area contributed by atoms with Gasteiger partial charge in [0.15, 0.2) is 0 Å². The van der Waals surface area contributed by atoms with E-state index in [1.54, 1.807) is 31.5 Å². The second kappa shape index (κ2) is 6.05. The molecular weight excluding hydrogens is 361 g/mol. The van der Waals surface area contributed by atoms with Crippen molar-refractivity contribution < 1.29 is 12.8 Å². The summed E-state index contributed by atoms with van der Waals surface area (Å²) in [5.74, 6) is -0.389. The van der Waals surface area contributed by atoms with Gasteiger partial charge in [-0.15, -0.1) is 11.3 Å². The van der Waals surface area contributed by atoms with Crippen molar-refractivity contribution in [2.75, 3.05) is 18.0 Å². The maximum atomic E-state index is 14.0. The summed E-state index contributed by atoms with van der Waals surface area (Å²) >= 11 is 1.11. The van der Waals surface area contributed by atoms with Crippen LogP contribution in [0.4, 0.5) is 10.1 Å². The van der Waals surface area contributed by atoms with Crippen molar-refractivity contribution >= 4 is 37.1 Å². The van der Waals surface area contributed by atoms with E-state index in [9.17, 15) is 12.8 Å². The van der Waals surface area contributed by atoms with Crippen LogP contribution in [-0.2, 0) is 10.0 Å². The zero-order chi connectivity index (χ0) is 17.6. The van der Waals surface area contributed by atoms with Gasteiger partial charge in [0.1, 0.15) is 10.0 Å². The van der Waals surface area contributed by atoms with E-state index in [4.69, 9.17) is 0 Å². The first-order chi connectivity index (χ1) is 12.0. The van der Waals surface area contributed by atoms with Crippen LogP contribution >= 0.6 is 11.3 Å². The number of benzene rings is 1. The normalized spacial score (nSPS) is 15.5. The molecule has 8 heteroatoms. The van der Waals surface area contributed by atoms with Gasteiger partial charge in [-0.1, -0.05) is 6.07 Å². The molecule has 0 saturated carbocycles. The molecule has 3 aromatic rings. The Morgan fingerprint density at radius 3 is 2.64 bits per heavy atom. The number of fused-ring (bicyclic) bond motifs is 1. The fraction of sp³-hybridized carbons (Fsp3) is 0.235. The summed E-state index contributed by atoms with van der Waals surface area (Å²) in [6, 6.07) is 8.31. The molecule has 130 valence electrons. The minimum absolute atomic E-state index is 0.160. The van der Waals surface area contributed by atoms with Crippen LogP contribution in [-0.4, -0.2) is 32.5 Å². The predicted molar refractivity (Wildman–Crippen MR) is 97.1 cm³/mol. The lowest BCUT2D eigenvalue weighted by atomic mass is 10.1. The molecule has 0 aliphatic carbocycles. The van der Waals surface area contributed by atoms with Crippen molar-refractivity contribution in [2.45, 2.75) is 17.2 Å². The summed E-state index contributed by atoms with van der Waals surface area (Å²) in [4.78, 5) is 6.05. The topological polar surface area (TPSA) is 62.3 Å². The molecule has 1 aliphatic rings. The van der Waals surface area contributed by atoms with Crippen LogP contribution in [0.15, 0.2) is 46.9 Å². The van der Waals surface area contributed by atoms with Crippen LogP contribution in [0, 0.1) is 12.7 Å². The maximum absolute atomic E-state index is 14.0. The number of hydrogen-bond donors (Lipinski definition) is 1. The van der Waals surface area contributed by atoms with Crippen LogP contribution < -0.4 is 9.62 Å². The summed E-state index contributed by atoms with van der Waals surface area (Å²) in [5.41, 5.74) is 1.49. The molecule has 2 aromatic heterocycles. The predicted octanol–water partition coefficient (Wildman–Crippen LogP) is 2.91. The number of hydrogen-bond acceptors (Lipinski definition) is 5. The highest BCUT2D eigenvalue weighted by molar-refractivity contribution is 7.91. The summed E-state index contributed by atoms with van der Waals surface area (Å²) in [6.07, 6.45) is 3.42. The second-order valence-corrected chi connectivity index (χ2v) is 9.02. The number of aromatic nitrogens is 1. The zero-order valence-electron chi connectivity index (χ0n) is 13.4. The molecule has 0 bridgehead atoms. The number of aryl methyl sites for hydroxylation is 1. The van der Waals surface area contributed by atoms with Gasteiger partial charge in [-0.25, -0.2) is 17.5 Å². The molecule has 1 N–H and O–H groups in total. The van der Waals surface area contributed by atoms with Gasteiger partial charge < -0.3 is 4.90 Å². The average molecular weight is 377 g/mol. The molecule has 0 atom stereocenters. The molecule has 0 unspecified atom stereocenters. The number of halogens is 1. The smallest absolute Gasteiger partial charge is 0.250 e. The number of nitrogens with one attached hydrogen (secondary N) is 1. The molecule has 0 spiro atoms. The van der Waals surface area contributed by atoms with Gasteiger partial charge >= 0.3 is 0 Å². The van der Waals surface area contributed by atoms with Gasteiger partial charge in [-0.3, -0.25) is 4.98 Å². The lowest BCUT2D eigenvalue weighted by Crippen LogP contribution is -2.59. The molecule has 1 fully saturated rings. The van der Waals surface area contributed by atoms with Crippen molar-refractivity contribution in [2.24, 2.45) is 0 Å². The molecule has 0 radical (unpaired) electrons. The highest BCUT2D eigenvalue weighted by atomic mass is 32.2. The Kier molecular flexibility index (Phi) is 3.98.